The number of alkyl halides is 3. The number of halogens is 3. The Morgan fingerprint density at radius 2 is 1.59 bits per heavy atom. The van der Waals surface area contributed by atoms with Crippen molar-refractivity contribution in [3.8, 4) is 5.75 Å². The minimum Gasteiger partial charge on any atom is -0.404 e. The van der Waals surface area contributed by atoms with Crippen molar-refractivity contribution in [2.24, 2.45) is 23.2 Å². The molecule has 0 aromatic heterocycles. The molecule has 5 nitrogen and oxygen atoms in total. The summed E-state index contributed by atoms with van der Waals surface area (Å²) in [7, 11) is -4.39. The second-order valence-electron chi connectivity index (χ2n) is 10.6. The Bertz CT molecular complexity index is 981. The van der Waals surface area contributed by atoms with Crippen molar-refractivity contribution in [1.82, 2.24) is 4.72 Å². The van der Waals surface area contributed by atoms with Gasteiger partial charge in [0.15, 0.2) is 5.78 Å². The number of para-hydroxylation sites is 1. The molecule has 5 saturated carbocycles. The molecule has 0 radical (unpaired) electrons. The molecule has 1 aromatic rings. The van der Waals surface area contributed by atoms with E-state index in [0.717, 1.165) is 31.4 Å². The number of rotatable bonds is 7. The SMILES string of the molecule is O=C(CC12CC3CC(CC(C3)C1)C2)C1(NS(=O)(=O)c2ccccc2OC(F)(F)F)CCC1. The van der Waals surface area contributed by atoms with Gasteiger partial charge in [0.05, 0.1) is 5.54 Å². The zero-order valence-electron chi connectivity index (χ0n) is 17.8. The van der Waals surface area contributed by atoms with Crippen LogP contribution in [-0.4, -0.2) is 26.1 Å². The van der Waals surface area contributed by atoms with Crippen LogP contribution in [0.25, 0.3) is 0 Å². The zero-order valence-corrected chi connectivity index (χ0v) is 18.6. The lowest BCUT2D eigenvalue weighted by Gasteiger charge is -2.57. The van der Waals surface area contributed by atoms with Gasteiger partial charge in [-0.3, -0.25) is 4.79 Å². The molecule has 1 aromatic carbocycles. The zero-order chi connectivity index (χ0) is 22.8. The van der Waals surface area contributed by atoms with E-state index in [2.05, 4.69) is 9.46 Å². The average molecular weight is 472 g/mol. The van der Waals surface area contributed by atoms with Gasteiger partial charge in [-0.25, -0.2) is 8.42 Å². The molecule has 176 valence electrons. The molecule has 0 spiro atoms. The van der Waals surface area contributed by atoms with Gasteiger partial charge in [0.25, 0.3) is 0 Å². The number of benzene rings is 1. The molecule has 0 aliphatic heterocycles. The summed E-state index contributed by atoms with van der Waals surface area (Å²) < 4.78 is 71.0. The summed E-state index contributed by atoms with van der Waals surface area (Å²) in [5.74, 6) is 1.12. The van der Waals surface area contributed by atoms with Crippen LogP contribution in [0.5, 0.6) is 5.75 Å². The standard InChI is InChI=1S/C23H28F3NO4S/c24-23(25,26)31-18-4-1-2-5-19(18)32(29,30)27-22(6-3-7-22)20(28)14-21-11-15-8-16(12-21)10-17(9-15)13-21/h1-2,4-5,15-17,27H,3,6-14H2. The van der Waals surface area contributed by atoms with E-state index < -0.39 is 32.6 Å². The van der Waals surface area contributed by atoms with Gasteiger partial charge in [-0.1, -0.05) is 12.1 Å². The minimum atomic E-state index is -5.02. The minimum absolute atomic E-state index is 0.0306. The number of Topliss-reactive ketones (excluding diaryl/α,β-unsaturated/α-hetero) is 1. The normalized spacial score (nSPS) is 33.0. The number of hydrogen-bond acceptors (Lipinski definition) is 4. The fourth-order valence-electron chi connectivity index (χ4n) is 7.18. The molecule has 4 bridgehead atoms. The Balaban J connectivity index is 1.37. The molecule has 9 heteroatoms. The van der Waals surface area contributed by atoms with Gasteiger partial charge >= 0.3 is 6.36 Å². The molecule has 32 heavy (non-hydrogen) atoms. The maximum atomic E-state index is 13.5. The highest BCUT2D eigenvalue weighted by molar-refractivity contribution is 7.89. The van der Waals surface area contributed by atoms with Crippen molar-refractivity contribution in [2.75, 3.05) is 0 Å². The van der Waals surface area contributed by atoms with Crippen molar-refractivity contribution < 1.29 is 31.1 Å². The van der Waals surface area contributed by atoms with Crippen LogP contribution in [0.1, 0.15) is 64.2 Å². The number of ketones is 1. The van der Waals surface area contributed by atoms with Crippen LogP contribution < -0.4 is 9.46 Å². The average Bonchev–Trinajstić information content (AvgIpc) is 2.62. The van der Waals surface area contributed by atoms with Crippen molar-refractivity contribution in [3.05, 3.63) is 24.3 Å². The maximum absolute atomic E-state index is 13.5. The Labute approximate surface area is 186 Å². The van der Waals surface area contributed by atoms with Crippen LogP contribution in [-0.2, 0) is 14.8 Å². The summed E-state index contributed by atoms with van der Waals surface area (Å²) in [5, 5.41) is 0. The Hall–Kier alpha value is -1.61. The summed E-state index contributed by atoms with van der Waals surface area (Å²) in [6.07, 6.45) is 3.66. The largest absolute Gasteiger partial charge is 0.573 e. The molecule has 0 unspecified atom stereocenters. The van der Waals surface area contributed by atoms with E-state index >= 15 is 0 Å². The van der Waals surface area contributed by atoms with E-state index in [9.17, 15) is 26.4 Å². The first-order valence-electron chi connectivity index (χ1n) is 11.4. The highest BCUT2D eigenvalue weighted by atomic mass is 32.2. The van der Waals surface area contributed by atoms with Crippen LogP contribution in [0.15, 0.2) is 29.2 Å². The van der Waals surface area contributed by atoms with Gasteiger partial charge in [-0.15, -0.1) is 13.2 Å². The van der Waals surface area contributed by atoms with Crippen molar-refractivity contribution >= 4 is 15.8 Å². The molecule has 5 aliphatic rings. The van der Waals surface area contributed by atoms with Gasteiger partial charge in [0, 0.05) is 6.42 Å². The van der Waals surface area contributed by atoms with Gasteiger partial charge in [-0.2, -0.15) is 4.72 Å². The number of hydrogen-bond donors (Lipinski definition) is 1. The third-order valence-electron chi connectivity index (χ3n) is 8.14. The van der Waals surface area contributed by atoms with E-state index in [0.29, 0.717) is 43.4 Å². The first kappa shape index (κ1) is 22.2. The van der Waals surface area contributed by atoms with E-state index in [1.807, 2.05) is 0 Å². The Morgan fingerprint density at radius 1 is 1.03 bits per heavy atom. The van der Waals surface area contributed by atoms with Crippen molar-refractivity contribution in [3.63, 3.8) is 0 Å². The lowest BCUT2D eigenvalue weighted by Crippen LogP contribution is -2.60. The molecule has 6 rings (SSSR count). The number of sulfonamides is 1. The van der Waals surface area contributed by atoms with Crippen LogP contribution in [0.2, 0.25) is 0 Å². The lowest BCUT2D eigenvalue weighted by atomic mass is 9.48. The number of carbonyl (C=O) groups is 1. The van der Waals surface area contributed by atoms with Gasteiger partial charge in [-0.05, 0) is 93.1 Å². The second kappa shape index (κ2) is 7.45. The van der Waals surface area contributed by atoms with E-state index in [1.165, 1.54) is 31.4 Å². The first-order valence-corrected chi connectivity index (χ1v) is 12.9. The van der Waals surface area contributed by atoms with Crippen LogP contribution >= 0.6 is 0 Å². The predicted molar refractivity (Wildman–Crippen MR) is 110 cm³/mol. The van der Waals surface area contributed by atoms with Crippen LogP contribution in [0.3, 0.4) is 0 Å². The molecule has 0 saturated heterocycles. The van der Waals surface area contributed by atoms with Crippen molar-refractivity contribution in [2.45, 2.75) is 81.0 Å². The molecule has 0 atom stereocenters. The molecule has 0 amide bonds. The van der Waals surface area contributed by atoms with Crippen LogP contribution in [0, 0.1) is 23.2 Å². The summed E-state index contributed by atoms with van der Waals surface area (Å²) in [6, 6.07) is 4.64. The lowest BCUT2D eigenvalue weighted by molar-refractivity contribution is -0.275. The maximum Gasteiger partial charge on any atom is 0.573 e. The third-order valence-corrected chi connectivity index (χ3v) is 9.71. The van der Waals surface area contributed by atoms with E-state index in [1.54, 1.807) is 0 Å². The summed E-state index contributed by atoms with van der Waals surface area (Å²) >= 11 is 0. The van der Waals surface area contributed by atoms with E-state index in [-0.39, 0.29) is 11.2 Å². The first-order chi connectivity index (χ1) is 15.0. The van der Waals surface area contributed by atoms with Gasteiger partial charge in [0.1, 0.15) is 10.6 Å². The molecular formula is C23H28F3NO4S. The molecule has 0 heterocycles. The molecule has 5 fully saturated rings. The van der Waals surface area contributed by atoms with E-state index in [4.69, 9.17) is 0 Å². The molecule has 1 N–H and O–H groups in total. The molecule has 5 aliphatic carbocycles. The fraction of sp³-hybridized carbons (Fsp3) is 0.696. The highest BCUT2D eigenvalue weighted by Crippen LogP contribution is 2.62. The molecular weight excluding hydrogens is 443 g/mol. The summed E-state index contributed by atoms with van der Waals surface area (Å²) in [6.45, 7) is 0. The van der Waals surface area contributed by atoms with Gasteiger partial charge in [0.2, 0.25) is 10.0 Å². The predicted octanol–water partition coefficient (Wildman–Crippen LogP) is 4.96. The quantitative estimate of drug-likeness (QED) is 0.610. The Morgan fingerprint density at radius 3 is 2.09 bits per heavy atom. The monoisotopic (exact) mass is 471 g/mol. The topological polar surface area (TPSA) is 72.5 Å². The third kappa shape index (κ3) is 4.06. The van der Waals surface area contributed by atoms with Crippen molar-refractivity contribution in [1.29, 1.82) is 0 Å². The van der Waals surface area contributed by atoms with Crippen LogP contribution in [0.4, 0.5) is 13.2 Å². The summed E-state index contributed by atoms with van der Waals surface area (Å²) in [4.78, 5) is 12.9. The number of carbonyl (C=O) groups excluding carboxylic acids is 1. The Kier molecular flexibility index (Phi) is 5.17. The number of ether oxygens (including phenoxy) is 1. The summed E-state index contributed by atoms with van der Waals surface area (Å²) in [5.41, 5.74) is -1.26. The second-order valence-corrected chi connectivity index (χ2v) is 12.2. The number of nitrogens with one attached hydrogen (secondary N) is 1. The van der Waals surface area contributed by atoms with Gasteiger partial charge < -0.3 is 4.74 Å². The fourth-order valence-corrected chi connectivity index (χ4v) is 8.75. The highest BCUT2D eigenvalue weighted by Gasteiger charge is 2.55. The smallest absolute Gasteiger partial charge is 0.404 e.